The van der Waals surface area contributed by atoms with Crippen LogP contribution in [0.1, 0.15) is 22.5 Å². The van der Waals surface area contributed by atoms with Gasteiger partial charge in [0.2, 0.25) is 5.91 Å². The topological polar surface area (TPSA) is 67.0 Å². The van der Waals surface area contributed by atoms with Gasteiger partial charge in [0, 0.05) is 19.0 Å². The van der Waals surface area contributed by atoms with Gasteiger partial charge in [0.05, 0.1) is 18.1 Å². The second kappa shape index (κ2) is 7.87. The standard InChI is InChI=1S/C21H23N3O2/c1-14-12-16(26-3)13-15(2)17(14)8-9-21(25)22-11-10-20-23-18-6-4-5-7-19(18)24-20/h4-9,12-13H,10-11H2,1-3H3,(H,22,25)(H,23,24)/b9-8+. The number of carbonyl (C=O) groups excluding carboxylic acids is 1. The zero-order chi connectivity index (χ0) is 18.5. The maximum atomic E-state index is 12.1. The van der Waals surface area contributed by atoms with E-state index in [4.69, 9.17) is 4.74 Å². The Kier molecular flexibility index (Phi) is 5.37. The summed E-state index contributed by atoms with van der Waals surface area (Å²) >= 11 is 0. The summed E-state index contributed by atoms with van der Waals surface area (Å²) in [5.74, 6) is 1.58. The number of nitrogens with zero attached hydrogens (tertiary/aromatic N) is 1. The monoisotopic (exact) mass is 349 g/mol. The van der Waals surface area contributed by atoms with Crippen molar-refractivity contribution in [3.8, 4) is 5.75 Å². The third kappa shape index (κ3) is 4.11. The molecule has 0 saturated heterocycles. The van der Waals surface area contributed by atoms with Crippen molar-refractivity contribution in [2.45, 2.75) is 20.3 Å². The lowest BCUT2D eigenvalue weighted by Gasteiger charge is -2.08. The van der Waals surface area contributed by atoms with Crippen LogP contribution in [0.25, 0.3) is 17.1 Å². The van der Waals surface area contributed by atoms with Crippen LogP contribution in [0.2, 0.25) is 0 Å². The van der Waals surface area contributed by atoms with Crippen LogP contribution in [-0.4, -0.2) is 29.5 Å². The third-order valence-corrected chi connectivity index (χ3v) is 4.30. The molecule has 2 aromatic carbocycles. The second-order valence-electron chi connectivity index (χ2n) is 6.25. The third-order valence-electron chi connectivity index (χ3n) is 4.30. The van der Waals surface area contributed by atoms with Gasteiger partial charge in [-0.05, 0) is 60.9 Å². The fourth-order valence-corrected chi connectivity index (χ4v) is 2.96. The molecule has 134 valence electrons. The van der Waals surface area contributed by atoms with Crippen molar-refractivity contribution in [1.82, 2.24) is 15.3 Å². The molecule has 1 amide bonds. The lowest BCUT2D eigenvalue weighted by Crippen LogP contribution is -2.23. The molecule has 0 atom stereocenters. The average molecular weight is 349 g/mol. The van der Waals surface area contributed by atoms with E-state index < -0.39 is 0 Å². The lowest BCUT2D eigenvalue weighted by atomic mass is 10.0. The van der Waals surface area contributed by atoms with Gasteiger partial charge in [-0.25, -0.2) is 4.98 Å². The molecule has 0 radical (unpaired) electrons. The minimum atomic E-state index is -0.115. The first kappa shape index (κ1) is 17.7. The highest BCUT2D eigenvalue weighted by Crippen LogP contribution is 2.22. The van der Waals surface area contributed by atoms with Gasteiger partial charge in [-0.3, -0.25) is 4.79 Å². The number of aromatic nitrogens is 2. The highest BCUT2D eigenvalue weighted by Gasteiger charge is 2.05. The van der Waals surface area contributed by atoms with Crippen LogP contribution in [0.15, 0.2) is 42.5 Å². The zero-order valence-corrected chi connectivity index (χ0v) is 15.3. The number of amides is 1. The molecule has 0 aliphatic rings. The van der Waals surface area contributed by atoms with Gasteiger partial charge in [-0.2, -0.15) is 0 Å². The predicted octanol–water partition coefficient (Wildman–Crippen LogP) is 3.56. The highest BCUT2D eigenvalue weighted by molar-refractivity contribution is 5.92. The first-order valence-electron chi connectivity index (χ1n) is 8.61. The molecular formula is C21H23N3O2. The van der Waals surface area contributed by atoms with Crippen LogP contribution in [0.4, 0.5) is 0 Å². The van der Waals surface area contributed by atoms with E-state index in [1.807, 2.05) is 56.3 Å². The van der Waals surface area contributed by atoms with Gasteiger partial charge in [0.1, 0.15) is 11.6 Å². The number of benzene rings is 2. The van der Waals surface area contributed by atoms with Crippen LogP contribution in [-0.2, 0) is 11.2 Å². The lowest BCUT2D eigenvalue weighted by molar-refractivity contribution is -0.116. The quantitative estimate of drug-likeness (QED) is 0.669. The summed E-state index contributed by atoms with van der Waals surface area (Å²) in [7, 11) is 1.65. The van der Waals surface area contributed by atoms with E-state index in [-0.39, 0.29) is 5.91 Å². The number of aryl methyl sites for hydroxylation is 2. The smallest absolute Gasteiger partial charge is 0.244 e. The fraction of sp³-hybridized carbons (Fsp3) is 0.238. The summed E-state index contributed by atoms with van der Waals surface area (Å²) in [6.45, 7) is 4.55. The van der Waals surface area contributed by atoms with Crippen LogP contribution < -0.4 is 10.1 Å². The van der Waals surface area contributed by atoms with Crippen molar-refractivity contribution in [2.75, 3.05) is 13.7 Å². The Balaban J connectivity index is 1.56. The molecule has 3 rings (SSSR count). The fourth-order valence-electron chi connectivity index (χ4n) is 2.96. The average Bonchev–Trinajstić information content (AvgIpc) is 3.03. The van der Waals surface area contributed by atoms with Crippen molar-refractivity contribution in [3.05, 3.63) is 65.0 Å². The molecule has 0 saturated carbocycles. The van der Waals surface area contributed by atoms with Crippen molar-refractivity contribution in [3.63, 3.8) is 0 Å². The van der Waals surface area contributed by atoms with Crippen molar-refractivity contribution in [1.29, 1.82) is 0 Å². The number of hydrogen-bond donors (Lipinski definition) is 2. The van der Waals surface area contributed by atoms with Gasteiger partial charge in [-0.15, -0.1) is 0 Å². The number of imidazole rings is 1. The molecule has 5 heteroatoms. The number of methoxy groups -OCH3 is 1. The first-order valence-corrected chi connectivity index (χ1v) is 8.61. The molecule has 1 heterocycles. The Bertz CT molecular complexity index is 901. The molecule has 0 fully saturated rings. The minimum Gasteiger partial charge on any atom is -0.497 e. The number of carbonyl (C=O) groups is 1. The van der Waals surface area contributed by atoms with E-state index in [0.717, 1.165) is 39.3 Å². The van der Waals surface area contributed by atoms with Crippen molar-refractivity contribution >= 4 is 23.0 Å². The normalized spacial score (nSPS) is 11.2. The Morgan fingerprint density at radius 2 is 1.96 bits per heavy atom. The largest absolute Gasteiger partial charge is 0.497 e. The van der Waals surface area contributed by atoms with Gasteiger partial charge >= 0.3 is 0 Å². The number of aromatic amines is 1. The first-order chi connectivity index (χ1) is 12.6. The molecule has 1 aromatic heterocycles. The Hall–Kier alpha value is -3.08. The number of hydrogen-bond acceptors (Lipinski definition) is 3. The minimum absolute atomic E-state index is 0.115. The van der Waals surface area contributed by atoms with Crippen LogP contribution in [0, 0.1) is 13.8 Å². The maximum Gasteiger partial charge on any atom is 0.244 e. The molecule has 0 aliphatic carbocycles. The molecule has 26 heavy (non-hydrogen) atoms. The Morgan fingerprint density at radius 3 is 2.65 bits per heavy atom. The van der Waals surface area contributed by atoms with E-state index in [9.17, 15) is 4.79 Å². The van der Waals surface area contributed by atoms with Crippen LogP contribution in [0.3, 0.4) is 0 Å². The van der Waals surface area contributed by atoms with E-state index in [1.54, 1.807) is 13.2 Å². The molecule has 0 bridgehead atoms. The zero-order valence-electron chi connectivity index (χ0n) is 15.3. The second-order valence-corrected chi connectivity index (χ2v) is 6.25. The maximum absolute atomic E-state index is 12.1. The summed E-state index contributed by atoms with van der Waals surface area (Å²) in [6, 6.07) is 11.8. The Labute approximate surface area is 153 Å². The Morgan fingerprint density at radius 1 is 1.23 bits per heavy atom. The molecule has 5 nitrogen and oxygen atoms in total. The molecule has 0 unspecified atom stereocenters. The van der Waals surface area contributed by atoms with Crippen LogP contribution >= 0.6 is 0 Å². The van der Waals surface area contributed by atoms with E-state index in [1.165, 1.54) is 0 Å². The number of rotatable bonds is 6. The van der Waals surface area contributed by atoms with Crippen LogP contribution in [0.5, 0.6) is 5.75 Å². The summed E-state index contributed by atoms with van der Waals surface area (Å²) in [5.41, 5.74) is 5.15. The number of para-hydroxylation sites is 2. The molecule has 0 spiro atoms. The van der Waals surface area contributed by atoms with E-state index in [2.05, 4.69) is 15.3 Å². The van der Waals surface area contributed by atoms with E-state index in [0.29, 0.717) is 13.0 Å². The van der Waals surface area contributed by atoms with Gasteiger partial charge in [0.15, 0.2) is 0 Å². The molecule has 0 aliphatic heterocycles. The molecular weight excluding hydrogens is 326 g/mol. The number of H-pyrrole nitrogens is 1. The summed E-state index contributed by atoms with van der Waals surface area (Å²) in [6.07, 6.45) is 4.08. The SMILES string of the molecule is COc1cc(C)c(/C=C/C(=O)NCCc2nc3ccccc3[nH]2)c(C)c1. The highest BCUT2D eigenvalue weighted by atomic mass is 16.5. The van der Waals surface area contributed by atoms with Crippen molar-refractivity contribution in [2.24, 2.45) is 0 Å². The van der Waals surface area contributed by atoms with Gasteiger partial charge < -0.3 is 15.0 Å². The molecule has 2 N–H and O–H groups in total. The van der Waals surface area contributed by atoms with Crippen molar-refractivity contribution < 1.29 is 9.53 Å². The van der Waals surface area contributed by atoms with Gasteiger partial charge in [0.25, 0.3) is 0 Å². The van der Waals surface area contributed by atoms with E-state index >= 15 is 0 Å². The summed E-state index contributed by atoms with van der Waals surface area (Å²) in [4.78, 5) is 19.8. The number of fused-ring (bicyclic) bond motifs is 1. The summed E-state index contributed by atoms with van der Waals surface area (Å²) < 4.78 is 5.26. The number of ether oxygens (including phenoxy) is 1. The number of nitrogens with one attached hydrogen (secondary N) is 2. The summed E-state index contributed by atoms with van der Waals surface area (Å²) in [5, 5.41) is 2.90. The predicted molar refractivity (Wildman–Crippen MR) is 104 cm³/mol. The molecule has 3 aromatic rings. The van der Waals surface area contributed by atoms with Gasteiger partial charge in [-0.1, -0.05) is 12.1 Å².